The van der Waals surface area contributed by atoms with Crippen molar-refractivity contribution in [2.24, 2.45) is 17.1 Å². The molecule has 148 valence electrons. The van der Waals surface area contributed by atoms with E-state index in [2.05, 4.69) is 26.1 Å². The number of nitro benzene ring substituents is 1. The number of amides is 2. The molecule has 0 saturated carbocycles. The molecule has 0 saturated heterocycles. The van der Waals surface area contributed by atoms with Crippen LogP contribution in [0.3, 0.4) is 0 Å². The molecule has 0 aliphatic heterocycles. The van der Waals surface area contributed by atoms with Crippen LogP contribution in [0.25, 0.3) is 0 Å². The minimum atomic E-state index is -0.568. The number of anilines is 1. The van der Waals surface area contributed by atoms with Gasteiger partial charge in [-0.2, -0.15) is 0 Å². The highest BCUT2D eigenvalue weighted by atomic mass is 32.1. The molecule has 1 atom stereocenters. The van der Waals surface area contributed by atoms with Gasteiger partial charge in [0.15, 0.2) is 0 Å². The van der Waals surface area contributed by atoms with Crippen LogP contribution in [-0.2, 0) is 12.8 Å². The van der Waals surface area contributed by atoms with E-state index >= 15 is 0 Å². The van der Waals surface area contributed by atoms with Gasteiger partial charge < -0.3 is 11.1 Å². The Hall–Kier alpha value is -2.74. The van der Waals surface area contributed by atoms with E-state index in [9.17, 15) is 19.7 Å². The topological polar surface area (TPSA) is 115 Å². The molecule has 0 radical (unpaired) electrons. The third kappa shape index (κ3) is 3.91. The van der Waals surface area contributed by atoms with Gasteiger partial charge in [0.25, 0.3) is 17.5 Å². The first-order chi connectivity index (χ1) is 13.1. The Labute approximate surface area is 167 Å². The summed E-state index contributed by atoms with van der Waals surface area (Å²) in [7, 11) is 0. The number of non-ortho nitro benzene ring substituents is 1. The fourth-order valence-corrected chi connectivity index (χ4v) is 4.94. The molecule has 1 aliphatic carbocycles. The number of carbonyl (C=O) groups excluding carboxylic acids is 2. The van der Waals surface area contributed by atoms with Crippen LogP contribution in [0, 0.1) is 21.4 Å². The largest absolute Gasteiger partial charge is 0.365 e. The van der Waals surface area contributed by atoms with Crippen LogP contribution in [0.4, 0.5) is 10.7 Å². The third-order valence-corrected chi connectivity index (χ3v) is 6.45. The van der Waals surface area contributed by atoms with Crippen LogP contribution in [-0.4, -0.2) is 16.7 Å². The molecule has 3 rings (SSSR count). The second-order valence-corrected chi connectivity index (χ2v) is 9.24. The summed E-state index contributed by atoms with van der Waals surface area (Å²) in [5.74, 6) is -0.585. The zero-order valence-electron chi connectivity index (χ0n) is 16.1. The summed E-state index contributed by atoms with van der Waals surface area (Å²) in [6, 6.07) is 5.48. The van der Waals surface area contributed by atoms with Gasteiger partial charge in [-0.15, -0.1) is 11.3 Å². The summed E-state index contributed by atoms with van der Waals surface area (Å²) in [6.45, 7) is 6.61. The van der Waals surface area contributed by atoms with Crippen molar-refractivity contribution in [3.63, 3.8) is 0 Å². The van der Waals surface area contributed by atoms with E-state index in [1.54, 1.807) is 0 Å². The fraction of sp³-hybridized carbons (Fsp3) is 0.400. The second-order valence-electron chi connectivity index (χ2n) is 8.14. The van der Waals surface area contributed by atoms with Crippen molar-refractivity contribution in [1.29, 1.82) is 0 Å². The van der Waals surface area contributed by atoms with Crippen LogP contribution in [0.5, 0.6) is 0 Å². The summed E-state index contributed by atoms with van der Waals surface area (Å²) in [4.78, 5) is 36.2. The molecule has 2 amide bonds. The maximum Gasteiger partial charge on any atom is 0.270 e. The number of fused-ring (bicyclic) bond motifs is 1. The molecule has 8 heteroatoms. The Morgan fingerprint density at radius 1 is 1.32 bits per heavy atom. The Morgan fingerprint density at radius 2 is 2.04 bits per heavy atom. The number of primary amides is 1. The number of nitrogens with zero attached hydrogens (tertiary/aromatic N) is 1. The Morgan fingerprint density at radius 3 is 2.64 bits per heavy atom. The molecule has 28 heavy (non-hydrogen) atoms. The van der Waals surface area contributed by atoms with Crippen LogP contribution in [0.15, 0.2) is 24.3 Å². The average Bonchev–Trinajstić information content (AvgIpc) is 2.98. The summed E-state index contributed by atoms with van der Waals surface area (Å²) in [5, 5.41) is 14.1. The molecule has 0 fully saturated rings. The number of nitro groups is 1. The quantitative estimate of drug-likeness (QED) is 0.591. The molecule has 0 unspecified atom stereocenters. The smallest absolute Gasteiger partial charge is 0.270 e. The maximum atomic E-state index is 12.6. The van der Waals surface area contributed by atoms with E-state index in [1.165, 1.54) is 35.6 Å². The first kappa shape index (κ1) is 20.0. The van der Waals surface area contributed by atoms with Gasteiger partial charge in [0.1, 0.15) is 5.00 Å². The van der Waals surface area contributed by atoms with Gasteiger partial charge in [-0.3, -0.25) is 19.7 Å². The van der Waals surface area contributed by atoms with E-state index in [-0.39, 0.29) is 16.7 Å². The Kier molecular flexibility index (Phi) is 5.25. The summed E-state index contributed by atoms with van der Waals surface area (Å²) < 4.78 is 0. The zero-order chi connectivity index (χ0) is 20.6. The lowest BCUT2D eigenvalue weighted by atomic mass is 9.72. The average molecular weight is 401 g/mol. The zero-order valence-corrected chi connectivity index (χ0v) is 16.9. The van der Waals surface area contributed by atoms with E-state index in [0.29, 0.717) is 16.5 Å². The number of nitrogens with two attached hydrogens (primary N) is 1. The molecule has 3 N–H and O–H groups in total. The van der Waals surface area contributed by atoms with Gasteiger partial charge in [-0.05, 0) is 42.2 Å². The predicted molar refractivity (Wildman–Crippen MR) is 109 cm³/mol. The molecule has 0 spiro atoms. The van der Waals surface area contributed by atoms with Crippen molar-refractivity contribution < 1.29 is 14.5 Å². The molecule has 1 aromatic carbocycles. The lowest BCUT2D eigenvalue weighted by Gasteiger charge is -2.33. The van der Waals surface area contributed by atoms with Crippen molar-refractivity contribution in [2.45, 2.75) is 40.0 Å². The minimum Gasteiger partial charge on any atom is -0.365 e. The summed E-state index contributed by atoms with van der Waals surface area (Å²) in [5.41, 5.74) is 7.04. The number of rotatable bonds is 4. The van der Waals surface area contributed by atoms with Crippen LogP contribution in [0.1, 0.15) is 58.3 Å². The summed E-state index contributed by atoms with van der Waals surface area (Å²) >= 11 is 1.38. The Balaban J connectivity index is 1.92. The highest BCUT2D eigenvalue weighted by molar-refractivity contribution is 7.17. The van der Waals surface area contributed by atoms with Crippen LogP contribution < -0.4 is 11.1 Å². The van der Waals surface area contributed by atoms with E-state index < -0.39 is 16.7 Å². The molecule has 1 aromatic heterocycles. The van der Waals surface area contributed by atoms with E-state index in [0.717, 1.165) is 29.7 Å². The Bertz CT molecular complexity index is 959. The normalized spacial score (nSPS) is 16.3. The van der Waals surface area contributed by atoms with Crippen LogP contribution >= 0.6 is 11.3 Å². The standard InChI is InChI=1S/C20H23N3O4S/c1-20(2,3)12-7-8-14-15(10-12)28-19(16(14)17(21)24)22-18(25)11-5-4-6-13(9-11)23(26)27/h4-6,9,12H,7-8,10H2,1-3H3,(H2,21,24)(H,22,25)/t12-/m1/s1. The number of benzene rings is 1. The van der Waals surface area contributed by atoms with Crippen molar-refractivity contribution in [1.82, 2.24) is 0 Å². The van der Waals surface area contributed by atoms with Gasteiger partial charge >= 0.3 is 0 Å². The maximum absolute atomic E-state index is 12.6. The van der Waals surface area contributed by atoms with Crippen molar-refractivity contribution in [3.05, 3.63) is 55.9 Å². The molecule has 2 aromatic rings. The van der Waals surface area contributed by atoms with Gasteiger partial charge in [-0.25, -0.2) is 0 Å². The van der Waals surface area contributed by atoms with Gasteiger partial charge in [0.2, 0.25) is 0 Å². The van der Waals surface area contributed by atoms with Gasteiger partial charge in [0, 0.05) is 22.6 Å². The SMILES string of the molecule is CC(C)(C)[C@@H]1CCc2c(sc(NC(=O)c3cccc([N+](=O)[O-])c3)c2C(N)=O)C1. The minimum absolute atomic E-state index is 0.154. The predicted octanol–water partition coefficient (Wildman–Crippen LogP) is 4.16. The monoisotopic (exact) mass is 401 g/mol. The third-order valence-electron chi connectivity index (χ3n) is 5.28. The molecule has 1 aliphatic rings. The second kappa shape index (κ2) is 7.35. The number of nitrogens with one attached hydrogen (secondary N) is 1. The first-order valence-electron chi connectivity index (χ1n) is 9.08. The lowest BCUT2D eigenvalue weighted by molar-refractivity contribution is -0.384. The summed E-state index contributed by atoms with van der Waals surface area (Å²) in [6.07, 6.45) is 2.56. The van der Waals surface area contributed by atoms with Crippen LogP contribution in [0.2, 0.25) is 0 Å². The molecule has 1 heterocycles. The van der Waals surface area contributed by atoms with E-state index in [1.807, 2.05) is 0 Å². The van der Waals surface area contributed by atoms with Crippen molar-refractivity contribution in [3.8, 4) is 0 Å². The lowest BCUT2D eigenvalue weighted by Crippen LogP contribution is -2.27. The van der Waals surface area contributed by atoms with Gasteiger partial charge in [-0.1, -0.05) is 26.8 Å². The highest BCUT2D eigenvalue weighted by Crippen LogP contribution is 2.44. The number of hydrogen-bond donors (Lipinski definition) is 2. The molecule has 0 bridgehead atoms. The molecular weight excluding hydrogens is 378 g/mol. The number of thiophene rings is 1. The highest BCUT2D eigenvalue weighted by Gasteiger charge is 2.33. The van der Waals surface area contributed by atoms with E-state index in [4.69, 9.17) is 5.73 Å². The molecule has 7 nitrogen and oxygen atoms in total. The van der Waals surface area contributed by atoms with Crippen molar-refractivity contribution >= 4 is 33.8 Å². The van der Waals surface area contributed by atoms with Gasteiger partial charge in [0.05, 0.1) is 10.5 Å². The number of carbonyl (C=O) groups is 2. The number of hydrogen-bond acceptors (Lipinski definition) is 5. The first-order valence-corrected chi connectivity index (χ1v) is 9.89. The molecular formula is C20H23N3O4S. The van der Waals surface area contributed by atoms with Crippen molar-refractivity contribution in [2.75, 3.05) is 5.32 Å². The fourth-order valence-electron chi connectivity index (χ4n) is 3.61.